The van der Waals surface area contributed by atoms with Crippen LogP contribution in [-0.4, -0.2) is 178 Å². The first-order valence-corrected chi connectivity index (χ1v) is 20.5. The summed E-state index contributed by atoms with van der Waals surface area (Å²) in [6.07, 6.45) is 4.51. The third-order valence-corrected chi connectivity index (χ3v) is 10.6. The van der Waals surface area contributed by atoms with Crippen molar-refractivity contribution in [3.63, 3.8) is 0 Å². The van der Waals surface area contributed by atoms with Gasteiger partial charge in [0.1, 0.15) is 0 Å². The van der Waals surface area contributed by atoms with Crippen LogP contribution in [-0.2, 0) is 19.2 Å². The molecule has 0 aromatic heterocycles. The van der Waals surface area contributed by atoms with Gasteiger partial charge in [-0.1, -0.05) is 41.5 Å². The molecule has 0 rings (SSSR count). The van der Waals surface area contributed by atoms with Gasteiger partial charge < -0.3 is 88.8 Å². The van der Waals surface area contributed by atoms with E-state index in [9.17, 15) is 19.2 Å². The number of hydrogen-bond donors (Lipinski definition) is 4. The van der Waals surface area contributed by atoms with Crippen LogP contribution in [0.3, 0.4) is 0 Å². The second-order valence-electron chi connectivity index (χ2n) is 21.9. The molecule has 3 atom stereocenters. The molecule has 12 nitrogen and oxygen atoms in total. The van der Waals surface area contributed by atoms with E-state index in [0.717, 1.165) is 69.8 Å². The predicted octanol–water partition coefficient (Wildman–Crippen LogP) is -8.52. The smallest absolute Gasteiger partial charge is 0.226 e. The van der Waals surface area contributed by atoms with Crippen molar-refractivity contribution < 1.29 is 86.7 Å². The Kier molecular flexibility index (Phi) is 30.8. The van der Waals surface area contributed by atoms with Crippen molar-refractivity contribution in [3.05, 3.63) is 0 Å². The van der Waals surface area contributed by atoms with Crippen LogP contribution in [0.1, 0.15) is 92.9 Å². The van der Waals surface area contributed by atoms with Crippen molar-refractivity contribution in [2.45, 2.75) is 92.9 Å². The highest BCUT2D eigenvalue weighted by molar-refractivity contribution is 5.89. The summed E-state index contributed by atoms with van der Waals surface area (Å²) < 4.78 is 3.20. The maximum Gasteiger partial charge on any atom is 0.226 e. The Morgan fingerprint density at radius 3 is 0.862 bits per heavy atom. The van der Waals surface area contributed by atoms with E-state index in [2.05, 4.69) is 106 Å². The molecule has 0 saturated heterocycles. The molecule has 16 heteroatoms. The number of amides is 4. The van der Waals surface area contributed by atoms with Crippen LogP contribution in [0.15, 0.2) is 0 Å². The summed E-state index contributed by atoms with van der Waals surface area (Å²) in [5.74, 6) is -0.503. The summed E-state index contributed by atoms with van der Waals surface area (Å²) in [5, 5.41) is 12.7. The van der Waals surface area contributed by atoms with E-state index in [-0.39, 0.29) is 92.5 Å². The second-order valence-corrected chi connectivity index (χ2v) is 21.9. The normalized spacial score (nSPS) is 15.3. The minimum Gasteiger partial charge on any atom is -1.00 e. The molecule has 0 aliphatic carbocycles. The first kappa shape index (κ1) is 66.0. The monoisotopic (exact) mass is 911 g/mol. The van der Waals surface area contributed by atoms with Crippen LogP contribution < -0.4 is 70.9 Å². The molecule has 0 radical (unpaired) electrons. The molecule has 350 valence electrons. The lowest BCUT2D eigenvalue weighted by atomic mass is 9.60. The minimum absolute atomic E-state index is 0. The Morgan fingerprint density at radius 2 is 0.603 bits per heavy atom. The van der Waals surface area contributed by atoms with Gasteiger partial charge in [0.15, 0.2) is 0 Å². The van der Waals surface area contributed by atoms with E-state index in [0.29, 0.717) is 32.6 Å². The number of carbonyl (C=O) groups excluding carboxylic acids is 4. The number of nitrogens with one attached hydrogen (secondary N) is 4. The summed E-state index contributed by atoms with van der Waals surface area (Å²) >= 11 is 0. The van der Waals surface area contributed by atoms with Crippen LogP contribution in [0.2, 0.25) is 0 Å². The minimum atomic E-state index is -1.09. The van der Waals surface area contributed by atoms with Gasteiger partial charge in [-0.25, -0.2) is 0 Å². The third kappa shape index (κ3) is 27.7. The number of nitrogens with zero attached hydrogens (tertiary/aromatic N) is 4. The quantitative estimate of drug-likeness (QED) is 0.0485. The fourth-order valence-corrected chi connectivity index (χ4v) is 7.49. The molecule has 0 heterocycles. The van der Waals surface area contributed by atoms with Crippen LogP contribution in [0.25, 0.3) is 0 Å². The molecule has 0 bridgehead atoms. The maximum absolute atomic E-state index is 14.5. The predicted molar refractivity (Wildman–Crippen MR) is 224 cm³/mol. The average molecular weight is 913 g/mol. The Balaban J connectivity index is -0.00000234. The number of quaternary nitrogens is 4. The fraction of sp³-hybridized carbons (Fsp3) is 0.905. The van der Waals surface area contributed by atoms with E-state index in [1.165, 1.54) is 0 Å². The molecule has 0 spiro atoms. The summed E-state index contributed by atoms with van der Waals surface area (Å²) in [6.45, 7) is 17.3. The molecule has 58 heavy (non-hydrogen) atoms. The van der Waals surface area contributed by atoms with Gasteiger partial charge in [0, 0.05) is 73.5 Å². The van der Waals surface area contributed by atoms with Crippen molar-refractivity contribution in [1.29, 1.82) is 0 Å². The molecule has 0 aromatic rings. The highest BCUT2D eigenvalue weighted by Crippen LogP contribution is 2.48. The van der Waals surface area contributed by atoms with Crippen LogP contribution in [0.4, 0.5) is 0 Å². The van der Waals surface area contributed by atoms with Crippen LogP contribution in [0, 0.1) is 21.7 Å². The first-order valence-electron chi connectivity index (χ1n) is 20.5. The van der Waals surface area contributed by atoms with Crippen molar-refractivity contribution in [2.75, 3.05) is 137 Å². The van der Waals surface area contributed by atoms with Crippen molar-refractivity contribution in [2.24, 2.45) is 21.7 Å². The molecule has 4 amide bonds. The molecule has 3 unspecified atom stereocenters. The second kappa shape index (κ2) is 27.0. The van der Waals surface area contributed by atoms with Crippen molar-refractivity contribution in [3.8, 4) is 0 Å². The van der Waals surface area contributed by atoms with Gasteiger partial charge in [-0.3, -0.25) is 19.2 Å². The van der Waals surface area contributed by atoms with Gasteiger partial charge in [0.2, 0.25) is 23.6 Å². The Morgan fingerprint density at radius 1 is 0.379 bits per heavy atom. The van der Waals surface area contributed by atoms with Crippen LogP contribution in [0.5, 0.6) is 0 Å². The summed E-state index contributed by atoms with van der Waals surface area (Å²) in [7, 11) is 25.6. The van der Waals surface area contributed by atoms with Crippen LogP contribution >= 0.6 is 0 Å². The maximum atomic E-state index is 14.5. The zero-order valence-electron chi connectivity index (χ0n) is 40.2. The van der Waals surface area contributed by atoms with Gasteiger partial charge in [-0.15, -0.1) is 0 Å². The lowest BCUT2D eigenvalue weighted by Gasteiger charge is -2.44. The van der Waals surface area contributed by atoms with E-state index >= 15 is 0 Å². The van der Waals surface area contributed by atoms with Gasteiger partial charge in [0.25, 0.3) is 0 Å². The lowest BCUT2D eigenvalue weighted by Crippen LogP contribution is -3.00. The van der Waals surface area contributed by atoms with E-state index in [1.807, 2.05) is 41.5 Å². The molecule has 0 fully saturated rings. The Labute approximate surface area is 381 Å². The summed E-state index contributed by atoms with van der Waals surface area (Å²) in [6, 6.07) is 0. The number of halogens is 4. The summed E-state index contributed by atoms with van der Waals surface area (Å²) in [4.78, 5) is 56.8. The molecule has 0 aliphatic heterocycles. The lowest BCUT2D eigenvalue weighted by molar-refractivity contribution is -0.870. The number of rotatable bonds is 27. The SMILES string of the molecule is CCC(C)(CC(C)(CC(C)(CC(C)(C)C(=O)NCCC[N+](C)(C)C)C(=O)NCCC[N+](C)(C)C)C(=O)NCCC[N+](C)(C)C)C(=O)NCCC[N+](C)(C)C.[Cl-].[Cl-].[Cl-].[Cl-]. The standard InChI is InChI=1S/C42H86N8O4.4ClH/c1-19-40(4,36(52)44-25-21-29-48(10,11)12)33-42(6,38(54)46-27-23-31-50(16,17)18)34-41(5,37(53)45-26-22-30-49(13,14)15)32-39(2,3)35(51)43-24-20-28-47(7,8)9;;;;/h19-34H2,1-18H3;4*1H. The van der Waals surface area contributed by atoms with E-state index < -0.39 is 21.7 Å². The van der Waals surface area contributed by atoms with Crippen molar-refractivity contribution in [1.82, 2.24) is 21.3 Å². The molecule has 0 aliphatic rings. The average Bonchev–Trinajstić information content (AvgIpc) is 2.98. The highest BCUT2D eigenvalue weighted by Gasteiger charge is 2.51. The fourth-order valence-electron chi connectivity index (χ4n) is 7.49. The zero-order chi connectivity index (χ0) is 42.5. The largest absolute Gasteiger partial charge is 1.00 e. The third-order valence-electron chi connectivity index (χ3n) is 10.6. The van der Waals surface area contributed by atoms with E-state index in [1.54, 1.807) is 0 Å². The topological polar surface area (TPSA) is 116 Å². The zero-order valence-corrected chi connectivity index (χ0v) is 43.3. The van der Waals surface area contributed by atoms with Gasteiger partial charge in [-0.05, 0) is 25.7 Å². The number of hydrogen-bond acceptors (Lipinski definition) is 4. The molecule has 0 aromatic carbocycles. The Hall–Kier alpha value is -1.12. The summed E-state index contributed by atoms with van der Waals surface area (Å²) in [5.41, 5.74) is -3.94. The Bertz CT molecular complexity index is 1220. The van der Waals surface area contributed by atoms with E-state index in [4.69, 9.17) is 0 Å². The van der Waals surface area contributed by atoms with Gasteiger partial charge >= 0.3 is 0 Å². The highest BCUT2D eigenvalue weighted by atomic mass is 35.5. The number of carbonyl (C=O) groups is 4. The van der Waals surface area contributed by atoms with Crippen molar-refractivity contribution >= 4 is 23.6 Å². The molecular formula is C42H90Cl4N8O4. The molecule has 0 saturated carbocycles. The van der Waals surface area contributed by atoms with Gasteiger partial charge in [-0.2, -0.15) is 0 Å². The molecular weight excluding hydrogens is 822 g/mol. The van der Waals surface area contributed by atoms with Gasteiger partial charge in [0.05, 0.1) is 111 Å². The molecule has 4 N–H and O–H groups in total. The first-order chi connectivity index (χ1) is 24.2.